The molecule has 2 fully saturated rings. The Kier molecular flexibility index (Phi) is 3.24. The van der Waals surface area contributed by atoms with E-state index in [1.165, 1.54) is 25.5 Å². The van der Waals surface area contributed by atoms with Gasteiger partial charge in [0.15, 0.2) is 11.6 Å². The van der Waals surface area contributed by atoms with Gasteiger partial charge in [0, 0.05) is 30.1 Å². The molecule has 6 nitrogen and oxygen atoms in total. The molecule has 2 aromatic heterocycles. The van der Waals surface area contributed by atoms with E-state index in [9.17, 15) is 4.39 Å². The third-order valence-corrected chi connectivity index (χ3v) is 5.58. The van der Waals surface area contributed by atoms with Crippen LogP contribution in [0.5, 0.6) is 0 Å². The van der Waals surface area contributed by atoms with Crippen molar-refractivity contribution in [2.45, 2.75) is 18.9 Å². The van der Waals surface area contributed by atoms with E-state index >= 15 is 0 Å². The molecule has 0 bridgehead atoms. The predicted octanol–water partition coefficient (Wildman–Crippen LogP) is 2.46. The number of nitrogens with zero attached hydrogens (tertiary/aromatic N) is 6. The molecule has 0 radical (unpaired) electrons. The summed E-state index contributed by atoms with van der Waals surface area (Å²) >= 11 is 3.35. The first-order valence-corrected chi connectivity index (χ1v) is 8.97. The van der Waals surface area contributed by atoms with Crippen LogP contribution < -0.4 is 4.90 Å². The summed E-state index contributed by atoms with van der Waals surface area (Å²) in [5.41, 5.74) is 1.71. The lowest BCUT2D eigenvalue weighted by Crippen LogP contribution is -2.50. The highest BCUT2D eigenvalue weighted by atomic mass is 79.9. The average Bonchev–Trinajstić information content (AvgIpc) is 3.22. The minimum absolute atomic E-state index is 0.337. The minimum Gasteiger partial charge on any atom is -0.351 e. The highest BCUT2D eigenvalue weighted by Crippen LogP contribution is 2.30. The molecule has 5 rings (SSSR count). The molecule has 2 aliphatic rings. The van der Waals surface area contributed by atoms with E-state index in [1.807, 2.05) is 10.5 Å². The predicted molar refractivity (Wildman–Crippen MR) is 92.8 cm³/mol. The maximum Gasteiger partial charge on any atom is 0.204 e. The van der Waals surface area contributed by atoms with Crippen molar-refractivity contribution in [3.8, 4) is 0 Å². The molecule has 3 aromatic rings. The number of piperazine rings is 1. The fourth-order valence-electron chi connectivity index (χ4n) is 3.96. The van der Waals surface area contributed by atoms with E-state index in [-0.39, 0.29) is 5.82 Å². The van der Waals surface area contributed by atoms with Gasteiger partial charge in [0.1, 0.15) is 11.8 Å². The lowest BCUT2D eigenvalue weighted by Gasteiger charge is -2.38. The van der Waals surface area contributed by atoms with Crippen molar-refractivity contribution in [3.05, 3.63) is 28.7 Å². The van der Waals surface area contributed by atoms with E-state index in [1.54, 1.807) is 6.33 Å². The van der Waals surface area contributed by atoms with Gasteiger partial charge in [-0.3, -0.25) is 9.30 Å². The van der Waals surface area contributed by atoms with Gasteiger partial charge in [0.05, 0.1) is 5.52 Å². The van der Waals surface area contributed by atoms with Crippen molar-refractivity contribution >= 4 is 38.4 Å². The maximum atomic E-state index is 14.5. The number of aromatic nitrogens is 4. The van der Waals surface area contributed by atoms with Crippen LogP contribution >= 0.6 is 15.9 Å². The van der Waals surface area contributed by atoms with E-state index in [0.717, 1.165) is 25.5 Å². The molecule has 2 aliphatic heterocycles. The SMILES string of the molecule is Fc1cc(Br)cc2c1nc(N1CCN3CCCC3C1)c1nncn12. The molecular weight excluding hydrogens is 375 g/mol. The molecule has 0 spiro atoms. The Morgan fingerprint density at radius 2 is 2.12 bits per heavy atom. The van der Waals surface area contributed by atoms with Crippen molar-refractivity contribution in [1.29, 1.82) is 0 Å². The second kappa shape index (κ2) is 5.35. The van der Waals surface area contributed by atoms with Crippen molar-refractivity contribution in [2.75, 3.05) is 31.1 Å². The van der Waals surface area contributed by atoms with E-state index < -0.39 is 0 Å². The Bertz CT molecular complexity index is 941. The summed E-state index contributed by atoms with van der Waals surface area (Å²) in [4.78, 5) is 9.41. The highest BCUT2D eigenvalue weighted by Gasteiger charge is 2.32. The number of anilines is 1. The minimum atomic E-state index is -0.337. The standard InChI is InChI=1S/C16H16BrFN6/c17-10-6-12(18)14-13(7-10)24-9-19-21-16(24)15(20-14)23-5-4-22-3-1-2-11(22)8-23/h6-7,9,11H,1-5,8H2. The molecule has 1 aromatic carbocycles. The second-order valence-corrected chi connectivity index (χ2v) is 7.41. The summed E-state index contributed by atoms with van der Waals surface area (Å²) in [5, 5.41) is 8.28. The Labute approximate surface area is 146 Å². The first-order valence-electron chi connectivity index (χ1n) is 8.18. The zero-order valence-corrected chi connectivity index (χ0v) is 14.6. The molecule has 0 N–H and O–H groups in total. The van der Waals surface area contributed by atoms with Gasteiger partial charge in [0.2, 0.25) is 5.65 Å². The Morgan fingerprint density at radius 1 is 1.21 bits per heavy atom. The fraction of sp³-hybridized carbons (Fsp3) is 0.438. The van der Waals surface area contributed by atoms with Gasteiger partial charge in [-0.25, -0.2) is 9.37 Å². The van der Waals surface area contributed by atoms with Gasteiger partial charge in [0.25, 0.3) is 0 Å². The summed E-state index contributed by atoms with van der Waals surface area (Å²) < 4.78 is 17.0. The number of rotatable bonds is 1. The molecule has 0 amide bonds. The number of hydrogen-bond donors (Lipinski definition) is 0. The zero-order chi connectivity index (χ0) is 16.3. The van der Waals surface area contributed by atoms with Gasteiger partial charge < -0.3 is 4.90 Å². The maximum absolute atomic E-state index is 14.5. The first kappa shape index (κ1) is 14.5. The van der Waals surface area contributed by atoms with Crippen molar-refractivity contribution in [1.82, 2.24) is 24.5 Å². The normalized spacial score (nSPS) is 21.8. The van der Waals surface area contributed by atoms with E-state index in [0.29, 0.717) is 27.2 Å². The molecule has 1 atom stereocenters. The average molecular weight is 391 g/mol. The summed E-state index contributed by atoms with van der Waals surface area (Å²) in [6.45, 7) is 4.01. The monoisotopic (exact) mass is 390 g/mol. The number of benzene rings is 1. The Morgan fingerprint density at radius 3 is 3.04 bits per heavy atom. The number of hydrogen-bond acceptors (Lipinski definition) is 5. The third kappa shape index (κ3) is 2.12. The number of fused-ring (bicyclic) bond motifs is 4. The summed E-state index contributed by atoms with van der Waals surface area (Å²) in [6.07, 6.45) is 4.10. The lowest BCUT2D eigenvalue weighted by atomic mass is 10.1. The van der Waals surface area contributed by atoms with Gasteiger partial charge in [-0.15, -0.1) is 10.2 Å². The summed E-state index contributed by atoms with van der Waals surface area (Å²) in [5.74, 6) is 0.392. The van der Waals surface area contributed by atoms with Crippen LogP contribution in [0.3, 0.4) is 0 Å². The van der Waals surface area contributed by atoms with Crippen LogP contribution in [-0.2, 0) is 0 Å². The third-order valence-electron chi connectivity index (χ3n) is 5.12. The van der Waals surface area contributed by atoms with Crippen LogP contribution in [-0.4, -0.2) is 56.7 Å². The van der Waals surface area contributed by atoms with E-state index in [4.69, 9.17) is 0 Å². The van der Waals surface area contributed by atoms with Crippen molar-refractivity contribution in [3.63, 3.8) is 0 Å². The lowest BCUT2D eigenvalue weighted by molar-refractivity contribution is 0.230. The van der Waals surface area contributed by atoms with Crippen molar-refractivity contribution in [2.24, 2.45) is 0 Å². The van der Waals surface area contributed by atoms with E-state index in [2.05, 4.69) is 40.9 Å². The molecule has 0 saturated carbocycles. The quantitative estimate of drug-likeness (QED) is 0.638. The molecule has 24 heavy (non-hydrogen) atoms. The molecule has 8 heteroatoms. The van der Waals surface area contributed by atoms with Gasteiger partial charge in [-0.2, -0.15) is 0 Å². The molecule has 2 saturated heterocycles. The molecule has 0 aliphatic carbocycles. The van der Waals surface area contributed by atoms with Crippen LogP contribution in [0.4, 0.5) is 10.2 Å². The van der Waals surface area contributed by atoms with Crippen LogP contribution in [0, 0.1) is 5.82 Å². The second-order valence-electron chi connectivity index (χ2n) is 6.49. The van der Waals surface area contributed by atoms with Crippen LogP contribution in [0.1, 0.15) is 12.8 Å². The van der Waals surface area contributed by atoms with Gasteiger partial charge in [-0.1, -0.05) is 15.9 Å². The molecular formula is C16H16BrFN6. The van der Waals surface area contributed by atoms with Crippen molar-refractivity contribution < 1.29 is 4.39 Å². The first-order chi connectivity index (χ1) is 11.7. The van der Waals surface area contributed by atoms with Gasteiger partial charge >= 0.3 is 0 Å². The van der Waals surface area contributed by atoms with Crippen LogP contribution in [0.15, 0.2) is 22.9 Å². The smallest absolute Gasteiger partial charge is 0.204 e. The topological polar surface area (TPSA) is 49.6 Å². The molecule has 1 unspecified atom stereocenters. The largest absolute Gasteiger partial charge is 0.351 e. The van der Waals surface area contributed by atoms with Gasteiger partial charge in [-0.05, 0) is 31.5 Å². The molecule has 124 valence electrons. The Hall–Kier alpha value is -1.80. The fourth-order valence-corrected chi connectivity index (χ4v) is 4.38. The Balaban J connectivity index is 1.68. The zero-order valence-electron chi connectivity index (χ0n) is 13.0. The molecule has 4 heterocycles. The highest BCUT2D eigenvalue weighted by molar-refractivity contribution is 9.10. The summed E-state index contributed by atoms with van der Waals surface area (Å²) in [6, 6.07) is 3.86. The number of halogens is 2. The van der Waals surface area contributed by atoms with Crippen LogP contribution in [0.2, 0.25) is 0 Å². The van der Waals surface area contributed by atoms with Crippen LogP contribution in [0.25, 0.3) is 16.7 Å². The summed E-state index contributed by atoms with van der Waals surface area (Å²) in [7, 11) is 0.